The van der Waals surface area contributed by atoms with Crippen LogP contribution >= 0.6 is 23.2 Å². The van der Waals surface area contributed by atoms with Gasteiger partial charge in [0.15, 0.2) is 0 Å². The Morgan fingerprint density at radius 2 is 1.47 bits per heavy atom. The summed E-state index contributed by atoms with van der Waals surface area (Å²) < 4.78 is 69.2. The highest BCUT2D eigenvalue weighted by Gasteiger charge is 2.22. The molecule has 3 rings (SSSR count). The second kappa shape index (κ2) is 8.43. The Morgan fingerprint density at radius 3 is 2.17 bits per heavy atom. The predicted octanol–water partition coefficient (Wildman–Crippen LogP) is 5.04. The topological polar surface area (TPSA) is 92.3 Å². The van der Waals surface area contributed by atoms with Crippen LogP contribution in [0.2, 0.25) is 10.0 Å². The summed E-state index contributed by atoms with van der Waals surface area (Å²) in [6, 6.07) is 13.2. The van der Waals surface area contributed by atoms with Gasteiger partial charge in [-0.25, -0.2) is 21.2 Å². The maximum atomic E-state index is 13.9. The summed E-state index contributed by atoms with van der Waals surface area (Å²) in [5, 5.41) is 0.120. The number of halogens is 3. The van der Waals surface area contributed by atoms with E-state index in [0.717, 1.165) is 12.1 Å². The number of rotatable bonds is 6. The first kappa shape index (κ1) is 22.4. The molecule has 0 aliphatic carbocycles. The highest BCUT2D eigenvalue weighted by atomic mass is 35.5. The summed E-state index contributed by atoms with van der Waals surface area (Å²) in [5.74, 6) is -0.744. The minimum Gasteiger partial charge on any atom is -0.280 e. The number of para-hydroxylation sites is 1. The minimum absolute atomic E-state index is 0.0226. The van der Waals surface area contributed by atoms with Crippen LogP contribution in [0, 0.1) is 12.7 Å². The molecule has 11 heteroatoms. The van der Waals surface area contributed by atoms with Gasteiger partial charge in [0.05, 0.1) is 21.3 Å². The molecule has 0 aliphatic heterocycles. The monoisotopic (exact) mass is 488 g/mol. The molecular weight excluding hydrogens is 474 g/mol. The Balaban J connectivity index is 1.97. The predicted molar refractivity (Wildman–Crippen MR) is 116 cm³/mol. The molecular formula is C19H15Cl2FN2O4S2. The molecule has 0 fully saturated rings. The zero-order chi connectivity index (χ0) is 22.1. The van der Waals surface area contributed by atoms with Crippen molar-refractivity contribution in [3.05, 3.63) is 82.1 Å². The van der Waals surface area contributed by atoms with Crippen molar-refractivity contribution in [1.29, 1.82) is 0 Å². The fraction of sp³-hybridized carbons (Fsp3) is 0.0526. The fourth-order valence-corrected chi connectivity index (χ4v) is 5.74. The summed E-state index contributed by atoms with van der Waals surface area (Å²) in [5.41, 5.74) is 0.0849. The number of hydrogen-bond donors (Lipinski definition) is 2. The third kappa shape index (κ3) is 4.86. The summed E-state index contributed by atoms with van der Waals surface area (Å²) in [7, 11) is -8.34. The lowest BCUT2D eigenvalue weighted by Gasteiger charge is -2.14. The second-order valence-corrected chi connectivity index (χ2v) is 10.4. The molecule has 0 bridgehead atoms. The highest BCUT2D eigenvalue weighted by Crippen LogP contribution is 2.29. The van der Waals surface area contributed by atoms with Gasteiger partial charge in [-0.3, -0.25) is 9.44 Å². The van der Waals surface area contributed by atoms with E-state index < -0.39 is 25.9 Å². The molecule has 0 atom stereocenters. The van der Waals surface area contributed by atoms with Crippen molar-refractivity contribution in [2.24, 2.45) is 0 Å². The zero-order valence-corrected chi connectivity index (χ0v) is 18.5. The quantitative estimate of drug-likeness (QED) is 0.508. The van der Waals surface area contributed by atoms with Gasteiger partial charge >= 0.3 is 0 Å². The second-order valence-electron chi connectivity index (χ2n) is 6.25. The van der Waals surface area contributed by atoms with E-state index in [1.165, 1.54) is 55.5 Å². The molecule has 0 heterocycles. The fourth-order valence-electron chi connectivity index (χ4n) is 2.59. The number of aryl methyl sites for hydroxylation is 1. The van der Waals surface area contributed by atoms with Crippen molar-refractivity contribution in [1.82, 2.24) is 0 Å². The van der Waals surface area contributed by atoms with Gasteiger partial charge in [0.1, 0.15) is 10.7 Å². The van der Waals surface area contributed by atoms with E-state index in [2.05, 4.69) is 9.44 Å². The molecule has 0 saturated carbocycles. The third-order valence-corrected chi connectivity index (χ3v) is 7.64. The van der Waals surface area contributed by atoms with Crippen LogP contribution in [0.15, 0.2) is 70.5 Å². The lowest BCUT2D eigenvalue weighted by molar-refractivity contribution is 0.597. The van der Waals surface area contributed by atoms with Crippen LogP contribution < -0.4 is 9.44 Å². The van der Waals surface area contributed by atoms with Crippen LogP contribution in [-0.2, 0) is 20.0 Å². The van der Waals surface area contributed by atoms with Crippen molar-refractivity contribution in [3.8, 4) is 0 Å². The molecule has 6 nitrogen and oxygen atoms in total. The van der Waals surface area contributed by atoms with Gasteiger partial charge in [-0.2, -0.15) is 0 Å². The van der Waals surface area contributed by atoms with Gasteiger partial charge in [0.25, 0.3) is 20.0 Å². The average Bonchev–Trinajstić information content (AvgIpc) is 2.66. The number of benzene rings is 3. The molecule has 0 radical (unpaired) electrons. The van der Waals surface area contributed by atoms with Crippen molar-refractivity contribution >= 4 is 54.6 Å². The Hall–Kier alpha value is -2.33. The van der Waals surface area contributed by atoms with Crippen LogP contribution in [0.4, 0.5) is 15.8 Å². The molecule has 2 N–H and O–H groups in total. The lowest BCUT2D eigenvalue weighted by atomic mass is 10.2. The molecule has 0 spiro atoms. The van der Waals surface area contributed by atoms with E-state index in [4.69, 9.17) is 23.2 Å². The molecule has 30 heavy (non-hydrogen) atoms. The lowest BCUT2D eigenvalue weighted by Crippen LogP contribution is -2.17. The van der Waals surface area contributed by atoms with Crippen LogP contribution in [0.5, 0.6) is 0 Å². The maximum Gasteiger partial charge on any atom is 0.263 e. The van der Waals surface area contributed by atoms with Crippen LogP contribution in [0.3, 0.4) is 0 Å². The minimum atomic E-state index is -4.20. The molecule has 0 aliphatic rings. The van der Waals surface area contributed by atoms with Crippen LogP contribution in [0.1, 0.15) is 5.56 Å². The van der Waals surface area contributed by atoms with Crippen molar-refractivity contribution in [2.75, 3.05) is 9.44 Å². The first-order valence-electron chi connectivity index (χ1n) is 8.35. The van der Waals surface area contributed by atoms with E-state index in [0.29, 0.717) is 5.56 Å². The zero-order valence-electron chi connectivity index (χ0n) is 15.4. The van der Waals surface area contributed by atoms with Crippen molar-refractivity contribution in [3.63, 3.8) is 0 Å². The molecule has 0 aromatic heterocycles. The van der Waals surface area contributed by atoms with Gasteiger partial charge < -0.3 is 0 Å². The van der Waals surface area contributed by atoms with Gasteiger partial charge in [-0.15, -0.1) is 0 Å². The van der Waals surface area contributed by atoms with Crippen LogP contribution in [0.25, 0.3) is 0 Å². The smallest absolute Gasteiger partial charge is 0.263 e. The Morgan fingerprint density at radius 1 is 0.800 bits per heavy atom. The van der Waals surface area contributed by atoms with Gasteiger partial charge in [-0.1, -0.05) is 41.4 Å². The van der Waals surface area contributed by atoms with E-state index in [9.17, 15) is 21.2 Å². The SMILES string of the molecule is Cc1ccc(NS(=O)(=O)c2cc(Cl)ccc2Cl)cc1S(=O)(=O)Nc1ccccc1F. The molecule has 158 valence electrons. The van der Waals surface area contributed by atoms with E-state index >= 15 is 0 Å². The van der Waals surface area contributed by atoms with Crippen LogP contribution in [-0.4, -0.2) is 16.8 Å². The van der Waals surface area contributed by atoms with Gasteiger partial charge in [-0.05, 0) is 55.0 Å². The number of sulfonamides is 2. The van der Waals surface area contributed by atoms with Crippen molar-refractivity contribution in [2.45, 2.75) is 16.7 Å². The Kier molecular flexibility index (Phi) is 6.28. The highest BCUT2D eigenvalue weighted by molar-refractivity contribution is 7.93. The summed E-state index contributed by atoms with van der Waals surface area (Å²) in [4.78, 5) is -0.478. The number of hydrogen-bond acceptors (Lipinski definition) is 4. The first-order chi connectivity index (χ1) is 14.0. The average molecular weight is 489 g/mol. The largest absolute Gasteiger partial charge is 0.280 e. The van der Waals surface area contributed by atoms with Gasteiger partial charge in [0.2, 0.25) is 0 Å². The first-order valence-corrected chi connectivity index (χ1v) is 12.1. The standard InChI is InChI=1S/C19H15Cl2FN2O4S2/c1-12-6-8-14(23-30(27,28)19-10-13(20)7-9-15(19)21)11-18(12)29(25,26)24-17-5-3-2-4-16(17)22/h2-11,23-24H,1H3. The Bertz CT molecular complexity index is 1330. The molecule has 3 aromatic rings. The van der Waals surface area contributed by atoms with E-state index in [1.807, 2.05) is 0 Å². The normalized spacial score (nSPS) is 11.9. The molecule has 0 unspecified atom stereocenters. The molecule has 3 aromatic carbocycles. The van der Waals surface area contributed by atoms with E-state index in [1.54, 1.807) is 0 Å². The molecule has 0 amide bonds. The van der Waals surface area contributed by atoms with Gasteiger partial charge in [0, 0.05) is 5.02 Å². The third-order valence-electron chi connectivity index (χ3n) is 4.03. The maximum absolute atomic E-state index is 13.9. The van der Waals surface area contributed by atoms with E-state index in [-0.39, 0.29) is 31.2 Å². The number of nitrogens with one attached hydrogen (secondary N) is 2. The summed E-state index contributed by atoms with van der Waals surface area (Å²) in [6.45, 7) is 1.53. The Labute approximate surface area is 183 Å². The summed E-state index contributed by atoms with van der Waals surface area (Å²) >= 11 is 11.8. The number of anilines is 2. The summed E-state index contributed by atoms with van der Waals surface area (Å²) in [6.07, 6.45) is 0. The molecule has 0 saturated heterocycles. The van der Waals surface area contributed by atoms with Crippen molar-refractivity contribution < 1.29 is 21.2 Å².